The minimum Gasteiger partial charge on any atom is -0.493 e. The molecule has 0 bridgehead atoms. The van der Waals surface area contributed by atoms with E-state index in [9.17, 15) is 4.79 Å². The molecule has 0 saturated heterocycles. The molecule has 0 fully saturated rings. The summed E-state index contributed by atoms with van der Waals surface area (Å²) in [5.41, 5.74) is 3.02. The molecule has 28 heavy (non-hydrogen) atoms. The maximum Gasteiger partial charge on any atom is 0.238 e. The van der Waals surface area contributed by atoms with Crippen LogP contribution in [-0.2, 0) is 11.3 Å². The summed E-state index contributed by atoms with van der Waals surface area (Å²) in [7, 11) is 5.18. The zero-order chi connectivity index (χ0) is 20.1. The van der Waals surface area contributed by atoms with Gasteiger partial charge < -0.3 is 14.8 Å². The fraction of sp³-hybridized carbons (Fsp3) is 0.261. The van der Waals surface area contributed by atoms with Crippen LogP contribution in [0.5, 0.6) is 11.5 Å². The molecule has 1 amide bonds. The van der Waals surface area contributed by atoms with E-state index in [1.807, 2.05) is 73.5 Å². The molecule has 0 atom stereocenters. The van der Waals surface area contributed by atoms with Crippen molar-refractivity contribution in [1.29, 1.82) is 0 Å². The van der Waals surface area contributed by atoms with E-state index >= 15 is 0 Å². The van der Waals surface area contributed by atoms with Crippen LogP contribution in [0.3, 0.4) is 0 Å². The molecule has 0 spiro atoms. The van der Waals surface area contributed by atoms with E-state index in [0.29, 0.717) is 18.0 Å². The highest BCUT2D eigenvalue weighted by molar-refractivity contribution is 6.02. The number of amides is 1. The van der Waals surface area contributed by atoms with Crippen LogP contribution < -0.4 is 14.8 Å². The minimum atomic E-state index is -0.0445. The van der Waals surface area contributed by atoms with E-state index < -0.39 is 0 Å². The molecule has 3 aromatic carbocycles. The Morgan fingerprint density at radius 2 is 1.68 bits per heavy atom. The van der Waals surface area contributed by atoms with Gasteiger partial charge in [-0.15, -0.1) is 0 Å². The molecule has 0 aliphatic heterocycles. The number of nitrogens with zero attached hydrogens (tertiary/aromatic N) is 1. The third-order valence-electron chi connectivity index (χ3n) is 4.76. The summed E-state index contributed by atoms with van der Waals surface area (Å²) in [6, 6.07) is 17.9. The Bertz CT molecular complexity index is 979. The number of methoxy groups -OCH3 is 2. The zero-order valence-electron chi connectivity index (χ0n) is 16.8. The molecule has 1 N–H and O–H groups in total. The summed E-state index contributed by atoms with van der Waals surface area (Å²) in [6.45, 7) is 2.95. The molecule has 5 heteroatoms. The van der Waals surface area contributed by atoms with Gasteiger partial charge in [-0.3, -0.25) is 9.69 Å². The molecule has 3 aromatic rings. The second-order valence-corrected chi connectivity index (χ2v) is 6.88. The van der Waals surface area contributed by atoms with Gasteiger partial charge in [-0.1, -0.05) is 36.4 Å². The number of aryl methyl sites for hydroxylation is 1. The molecule has 146 valence electrons. The van der Waals surface area contributed by atoms with E-state index in [2.05, 4.69) is 5.32 Å². The van der Waals surface area contributed by atoms with Crippen LogP contribution in [0.25, 0.3) is 10.8 Å². The van der Waals surface area contributed by atoms with Crippen molar-refractivity contribution in [1.82, 2.24) is 4.90 Å². The van der Waals surface area contributed by atoms with Crippen molar-refractivity contribution >= 4 is 22.4 Å². The molecule has 0 unspecified atom stereocenters. The molecule has 0 aromatic heterocycles. The highest BCUT2D eigenvalue weighted by Crippen LogP contribution is 2.30. The van der Waals surface area contributed by atoms with Gasteiger partial charge in [0.1, 0.15) is 0 Å². The maximum absolute atomic E-state index is 12.6. The smallest absolute Gasteiger partial charge is 0.238 e. The number of benzene rings is 3. The van der Waals surface area contributed by atoms with Crippen molar-refractivity contribution in [2.45, 2.75) is 13.5 Å². The van der Waals surface area contributed by atoms with Crippen molar-refractivity contribution in [2.75, 3.05) is 33.1 Å². The first-order valence-electron chi connectivity index (χ1n) is 9.19. The second-order valence-electron chi connectivity index (χ2n) is 6.88. The Morgan fingerprint density at radius 3 is 2.43 bits per heavy atom. The maximum atomic E-state index is 12.6. The number of anilines is 1. The van der Waals surface area contributed by atoms with Gasteiger partial charge in [-0.05, 0) is 48.7 Å². The summed E-state index contributed by atoms with van der Waals surface area (Å²) in [5.74, 6) is 1.36. The Morgan fingerprint density at radius 1 is 1.00 bits per heavy atom. The Labute approximate surface area is 165 Å². The normalized spacial score (nSPS) is 10.9. The van der Waals surface area contributed by atoms with E-state index in [0.717, 1.165) is 27.6 Å². The van der Waals surface area contributed by atoms with Gasteiger partial charge >= 0.3 is 0 Å². The Kier molecular flexibility index (Phi) is 6.16. The number of likely N-dealkylation sites (N-methyl/N-ethyl adjacent to an activating group) is 1. The van der Waals surface area contributed by atoms with Crippen LogP contribution in [0.1, 0.15) is 11.1 Å². The summed E-state index contributed by atoms with van der Waals surface area (Å²) in [5, 5.41) is 5.18. The first-order valence-corrected chi connectivity index (χ1v) is 9.19. The summed E-state index contributed by atoms with van der Waals surface area (Å²) < 4.78 is 10.7. The fourth-order valence-electron chi connectivity index (χ4n) is 3.31. The number of hydrogen-bond acceptors (Lipinski definition) is 4. The van der Waals surface area contributed by atoms with Gasteiger partial charge in [0, 0.05) is 17.6 Å². The number of ether oxygens (including phenoxy) is 2. The molecule has 0 heterocycles. The molecule has 0 aliphatic rings. The lowest BCUT2D eigenvalue weighted by molar-refractivity contribution is -0.117. The first kappa shape index (κ1) is 19.7. The molecule has 3 rings (SSSR count). The van der Waals surface area contributed by atoms with Crippen LogP contribution in [0, 0.1) is 6.92 Å². The van der Waals surface area contributed by atoms with Crippen molar-refractivity contribution in [3.05, 3.63) is 65.7 Å². The summed E-state index contributed by atoms with van der Waals surface area (Å²) in [6.07, 6.45) is 0. The van der Waals surface area contributed by atoms with Crippen molar-refractivity contribution in [3.8, 4) is 11.5 Å². The van der Waals surface area contributed by atoms with Gasteiger partial charge in [0.05, 0.1) is 20.8 Å². The van der Waals surface area contributed by atoms with E-state index in [-0.39, 0.29) is 12.5 Å². The molecule has 5 nitrogen and oxygen atoms in total. The quantitative estimate of drug-likeness (QED) is 0.668. The number of carbonyl (C=O) groups is 1. The lowest BCUT2D eigenvalue weighted by atomic mass is 10.1. The van der Waals surface area contributed by atoms with Crippen molar-refractivity contribution < 1.29 is 14.3 Å². The average Bonchev–Trinajstić information content (AvgIpc) is 2.69. The van der Waals surface area contributed by atoms with Gasteiger partial charge in [0.15, 0.2) is 11.5 Å². The monoisotopic (exact) mass is 378 g/mol. The zero-order valence-corrected chi connectivity index (χ0v) is 16.8. The van der Waals surface area contributed by atoms with Gasteiger partial charge in [-0.2, -0.15) is 0 Å². The lowest BCUT2D eigenvalue weighted by Gasteiger charge is -2.19. The molecule has 0 saturated carbocycles. The van der Waals surface area contributed by atoms with Crippen LogP contribution in [-0.4, -0.2) is 38.6 Å². The Balaban J connectivity index is 1.68. The highest BCUT2D eigenvalue weighted by atomic mass is 16.5. The molecular weight excluding hydrogens is 352 g/mol. The number of nitrogens with one attached hydrogen (secondary N) is 1. The van der Waals surface area contributed by atoms with Gasteiger partial charge in [-0.25, -0.2) is 0 Å². The lowest BCUT2D eigenvalue weighted by Crippen LogP contribution is -2.30. The molecule has 0 radical (unpaired) electrons. The molecular formula is C23H26N2O3. The predicted molar refractivity (Wildman–Crippen MR) is 113 cm³/mol. The van der Waals surface area contributed by atoms with Crippen LogP contribution in [0.15, 0.2) is 54.6 Å². The third-order valence-corrected chi connectivity index (χ3v) is 4.76. The number of rotatable bonds is 7. The van der Waals surface area contributed by atoms with E-state index in [1.54, 1.807) is 14.2 Å². The standard InChI is InChI=1S/C23H26N2O3/c1-16-12-21(27-3)22(28-4)13-18(16)14-25(2)15-23(26)24-20-11-7-9-17-8-5-6-10-19(17)20/h5-13H,14-15H2,1-4H3,(H,24,26). The topological polar surface area (TPSA) is 50.8 Å². The highest BCUT2D eigenvalue weighted by Gasteiger charge is 2.13. The second kappa shape index (κ2) is 8.76. The van der Waals surface area contributed by atoms with E-state index in [4.69, 9.17) is 9.47 Å². The van der Waals surface area contributed by atoms with Crippen LogP contribution in [0.4, 0.5) is 5.69 Å². The Hall–Kier alpha value is -3.05. The minimum absolute atomic E-state index is 0.0445. The number of fused-ring (bicyclic) bond motifs is 1. The van der Waals surface area contributed by atoms with Crippen LogP contribution >= 0.6 is 0 Å². The van der Waals surface area contributed by atoms with Crippen LogP contribution in [0.2, 0.25) is 0 Å². The predicted octanol–water partition coefficient (Wildman–Crippen LogP) is 4.24. The number of hydrogen-bond donors (Lipinski definition) is 1. The van der Waals surface area contributed by atoms with Gasteiger partial charge in [0.2, 0.25) is 5.91 Å². The summed E-state index contributed by atoms with van der Waals surface area (Å²) >= 11 is 0. The van der Waals surface area contributed by atoms with Gasteiger partial charge in [0.25, 0.3) is 0 Å². The largest absolute Gasteiger partial charge is 0.493 e. The SMILES string of the molecule is COc1cc(C)c(CN(C)CC(=O)Nc2cccc3ccccc23)cc1OC. The molecule has 0 aliphatic carbocycles. The van der Waals surface area contributed by atoms with Crippen molar-refractivity contribution in [3.63, 3.8) is 0 Å². The van der Waals surface area contributed by atoms with E-state index in [1.165, 1.54) is 0 Å². The van der Waals surface area contributed by atoms with Crippen molar-refractivity contribution in [2.24, 2.45) is 0 Å². The average molecular weight is 378 g/mol. The fourth-order valence-corrected chi connectivity index (χ4v) is 3.31. The first-order chi connectivity index (χ1) is 13.5. The third kappa shape index (κ3) is 4.43. The number of carbonyl (C=O) groups excluding carboxylic acids is 1. The summed E-state index contributed by atoms with van der Waals surface area (Å²) in [4.78, 5) is 14.5.